The minimum atomic E-state index is -0.644. The van der Waals surface area contributed by atoms with Gasteiger partial charge in [0.2, 0.25) is 18.3 Å². The molecule has 2 aliphatic heterocycles. The normalized spacial score (nSPS) is 15.9. The summed E-state index contributed by atoms with van der Waals surface area (Å²) in [5, 5.41) is 20.9. The lowest BCUT2D eigenvalue weighted by atomic mass is 9.95. The average Bonchev–Trinajstić information content (AvgIpc) is 3.70. The number of carbonyl (C=O) groups excluding carboxylic acids is 1. The highest BCUT2D eigenvalue weighted by molar-refractivity contribution is 6.01. The topological polar surface area (TPSA) is 146 Å². The maximum absolute atomic E-state index is 13.3. The van der Waals surface area contributed by atoms with E-state index in [9.17, 15) is 9.18 Å². The third-order valence-electron chi connectivity index (χ3n) is 5.93. The van der Waals surface area contributed by atoms with Crippen molar-refractivity contribution in [3.05, 3.63) is 64.3 Å². The van der Waals surface area contributed by atoms with Gasteiger partial charge >= 0.3 is 0 Å². The van der Waals surface area contributed by atoms with Gasteiger partial charge in [-0.15, -0.1) is 0 Å². The molecule has 0 aliphatic carbocycles. The first-order valence-electron chi connectivity index (χ1n) is 11.5. The van der Waals surface area contributed by atoms with Crippen molar-refractivity contribution in [1.29, 1.82) is 0 Å². The van der Waals surface area contributed by atoms with Gasteiger partial charge in [-0.3, -0.25) is 4.79 Å². The highest BCUT2D eigenvalue weighted by atomic mass is 19.1. The van der Waals surface area contributed by atoms with Crippen molar-refractivity contribution in [1.82, 2.24) is 10.6 Å². The van der Waals surface area contributed by atoms with Crippen LogP contribution in [0, 0.1) is 5.82 Å². The summed E-state index contributed by atoms with van der Waals surface area (Å²) in [5.41, 5.74) is 4.84. The summed E-state index contributed by atoms with van der Waals surface area (Å²) in [6, 6.07) is 7.32. The van der Waals surface area contributed by atoms with Gasteiger partial charge in [0.25, 0.3) is 5.91 Å². The van der Waals surface area contributed by atoms with Crippen LogP contribution in [0.4, 0.5) is 4.39 Å². The van der Waals surface area contributed by atoms with Gasteiger partial charge in [0.1, 0.15) is 18.5 Å². The molecule has 3 heterocycles. The van der Waals surface area contributed by atoms with E-state index >= 15 is 0 Å². The molecule has 1 aromatic heterocycles. The van der Waals surface area contributed by atoms with Crippen molar-refractivity contribution in [2.45, 2.75) is 25.6 Å². The number of rotatable bonds is 9. The zero-order chi connectivity index (χ0) is 26.6. The van der Waals surface area contributed by atoms with Crippen LogP contribution in [0.1, 0.15) is 39.4 Å². The molecule has 198 valence electrons. The number of amides is 1. The fourth-order valence-electron chi connectivity index (χ4n) is 4.18. The van der Waals surface area contributed by atoms with E-state index in [2.05, 4.69) is 20.8 Å². The van der Waals surface area contributed by atoms with E-state index in [1.54, 1.807) is 12.1 Å². The molecule has 0 bridgehead atoms. The molecule has 1 unspecified atom stereocenters. The van der Waals surface area contributed by atoms with Gasteiger partial charge in [-0.05, 0) is 17.7 Å². The van der Waals surface area contributed by atoms with Crippen molar-refractivity contribution in [2.24, 2.45) is 10.3 Å². The van der Waals surface area contributed by atoms with Crippen molar-refractivity contribution >= 4 is 17.8 Å². The molecule has 0 spiro atoms. The fourth-order valence-corrected chi connectivity index (χ4v) is 4.18. The molecule has 3 aromatic rings. The lowest BCUT2D eigenvalue weighted by Gasteiger charge is -2.19. The number of hydrazone groups is 1. The molecule has 1 amide bonds. The van der Waals surface area contributed by atoms with Crippen molar-refractivity contribution in [2.75, 3.05) is 21.0 Å². The number of nitrogens with one attached hydrogen (secondary N) is 1. The lowest BCUT2D eigenvalue weighted by Crippen LogP contribution is -2.19. The highest BCUT2D eigenvalue weighted by Gasteiger charge is 2.34. The van der Waals surface area contributed by atoms with E-state index in [4.69, 9.17) is 33.4 Å². The summed E-state index contributed by atoms with van der Waals surface area (Å²) in [6.07, 6.45) is 1.77. The number of halogens is 1. The molecule has 0 fully saturated rings. The molecular formula is C25H23FN4O8. The summed E-state index contributed by atoms with van der Waals surface area (Å²) >= 11 is 0. The lowest BCUT2D eigenvalue weighted by molar-refractivity contribution is 0.0852. The minimum absolute atomic E-state index is 0.0318. The van der Waals surface area contributed by atoms with Crippen molar-refractivity contribution < 1.29 is 42.6 Å². The molecule has 2 N–H and O–H groups in total. The molecule has 1 atom stereocenters. The molecule has 0 radical (unpaired) electrons. The van der Waals surface area contributed by atoms with Gasteiger partial charge in [0, 0.05) is 30.0 Å². The number of hydrogen-bond donors (Lipinski definition) is 2. The Morgan fingerprint density at radius 3 is 2.63 bits per heavy atom. The molecule has 2 aliphatic rings. The SMILES string of the molecule is COc1c(/C=N/NC(=O)c2cc(CO)on2)c(CC2CC(c3ccc(F)cc3)=NO2)c(OC)c2c1OCO2. The second-order valence-electron chi connectivity index (χ2n) is 8.24. The van der Waals surface area contributed by atoms with Crippen LogP contribution in [0.5, 0.6) is 23.0 Å². The van der Waals surface area contributed by atoms with E-state index in [1.165, 1.54) is 38.6 Å². The third-order valence-corrected chi connectivity index (χ3v) is 5.93. The number of nitrogens with zero attached hydrogens (tertiary/aromatic N) is 3. The van der Waals surface area contributed by atoms with Gasteiger partial charge in [-0.2, -0.15) is 5.10 Å². The van der Waals surface area contributed by atoms with Gasteiger partial charge in [-0.1, -0.05) is 22.4 Å². The molecule has 38 heavy (non-hydrogen) atoms. The smallest absolute Gasteiger partial charge is 0.293 e. The van der Waals surface area contributed by atoms with E-state index in [-0.39, 0.29) is 30.2 Å². The highest BCUT2D eigenvalue weighted by Crippen LogP contribution is 2.52. The Morgan fingerprint density at radius 1 is 1.21 bits per heavy atom. The number of aliphatic hydroxyl groups is 1. The monoisotopic (exact) mass is 526 g/mol. The number of fused-ring (bicyclic) bond motifs is 1. The van der Waals surface area contributed by atoms with Crippen LogP contribution in [0.15, 0.2) is 45.1 Å². The zero-order valence-electron chi connectivity index (χ0n) is 20.4. The van der Waals surface area contributed by atoms with Crippen LogP contribution in [-0.2, 0) is 17.9 Å². The molecular weight excluding hydrogens is 503 g/mol. The predicted octanol–water partition coefficient (Wildman–Crippen LogP) is 2.55. The van der Waals surface area contributed by atoms with Crippen LogP contribution in [0.25, 0.3) is 0 Å². The van der Waals surface area contributed by atoms with Crippen LogP contribution < -0.4 is 24.4 Å². The van der Waals surface area contributed by atoms with Crippen molar-refractivity contribution in [3.63, 3.8) is 0 Å². The third kappa shape index (κ3) is 4.83. The standard InChI is InChI=1S/C25H23FN4O8/c1-33-21-17(7-15-8-19(29-37-15)13-3-5-14(26)6-4-13)18(22(34-2)24-23(21)35-12-36-24)10-27-28-25(32)20-9-16(11-31)38-30-20/h3-6,9-10,15,31H,7-8,11-12H2,1-2H3,(H,28,32)/b27-10+. The van der Waals surface area contributed by atoms with Gasteiger partial charge < -0.3 is 33.4 Å². The maximum atomic E-state index is 13.3. The Kier molecular flexibility index (Phi) is 7.09. The second kappa shape index (κ2) is 10.8. The number of carbonyl (C=O) groups is 1. The number of aliphatic hydroxyl groups excluding tert-OH is 1. The second-order valence-corrected chi connectivity index (χ2v) is 8.24. The fraction of sp³-hybridized carbons (Fsp3) is 0.280. The van der Waals surface area contributed by atoms with Gasteiger partial charge in [0.05, 0.1) is 26.1 Å². The molecule has 0 saturated heterocycles. The summed E-state index contributed by atoms with van der Waals surface area (Å²) in [4.78, 5) is 18.1. The number of aromatic nitrogens is 1. The Hall–Kier alpha value is -4.65. The first kappa shape index (κ1) is 25.0. The van der Waals surface area contributed by atoms with E-state index in [0.717, 1.165) is 5.56 Å². The molecule has 12 nitrogen and oxygen atoms in total. The average molecular weight is 526 g/mol. The maximum Gasteiger partial charge on any atom is 0.293 e. The summed E-state index contributed by atoms with van der Waals surface area (Å²) in [7, 11) is 2.96. The largest absolute Gasteiger partial charge is 0.492 e. The number of benzene rings is 2. The predicted molar refractivity (Wildman–Crippen MR) is 129 cm³/mol. The number of hydrogen-bond acceptors (Lipinski definition) is 11. The van der Waals surface area contributed by atoms with E-state index in [0.29, 0.717) is 52.7 Å². The van der Waals surface area contributed by atoms with Crippen molar-refractivity contribution in [3.8, 4) is 23.0 Å². The number of ether oxygens (including phenoxy) is 4. The summed E-state index contributed by atoms with van der Waals surface area (Å²) < 4.78 is 40.8. The van der Waals surface area contributed by atoms with Crippen LogP contribution in [-0.4, -0.2) is 55.2 Å². The summed E-state index contributed by atoms with van der Waals surface area (Å²) in [5.74, 6) is 0.590. The summed E-state index contributed by atoms with van der Waals surface area (Å²) in [6.45, 7) is -0.424. The van der Waals surface area contributed by atoms with Gasteiger partial charge in [-0.25, -0.2) is 9.82 Å². The molecule has 0 saturated carbocycles. The van der Waals surface area contributed by atoms with Gasteiger partial charge in [0.15, 0.2) is 23.0 Å². The van der Waals surface area contributed by atoms with Crippen LogP contribution in [0.3, 0.4) is 0 Å². The van der Waals surface area contributed by atoms with E-state index < -0.39 is 12.5 Å². The first-order chi connectivity index (χ1) is 18.5. The Balaban J connectivity index is 1.43. The number of methoxy groups -OCH3 is 2. The van der Waals surface area contributed by atoms with Crippen LogP contribution >= 0.6 is 0 Å². The number of oxime groups is 1. The zero-order valence-corrected chi connectivity index (χ0v) is 20.4. The quantitative estimate of drug-likeness (QED) is 0.317. The molecule has 13 heteroatoms. The minimum Gasteiger partial charge on any atom is -0.492 e. The Bertz CT molecular complexity index is 1400. The Labute approximate surface area is 215 Å². The molecule has 5 rings (SSSR count). The molecule has 2 aromatic carbocycles. The van der Waals surface area contributed by atoms with Crippen LogP contribution in [0.2, 0.25) is 0 Å². The Morgan fingerprint density at radius 2 is 1.95 bits per heavy atom. The first-order valence-corrected chi connectivity index (χ1v) is 11.5. The van der Waals surface area contributed by atoms with E-state index in [1.807, 2.05) is 0 Å².